The molecule has 0 saturated heterocycles. The van der Waals surface area contributed by atoms with Gasteiger partial charge in [-0.1, -0.05) is 45.7 Å². The van der Waals surface area contributed by atoms with E-state index in [0.29, 0.717) is 17.0 Å². The number of H-pyrrole nitrogens is 1. The third-order valence-electron chi connectivity index (χ3n) is 3.21. The van der Waals surface area contributed by atoms with Gasteiger partial charge < -0.3 is 4.98 Å². The van der Waals surface area contributed by atoms with Crippen molar-refractivity contribution in [1.29, 1.82) is 0 Å². The van der Waals surface area contributed by atoms with E-state index < -0.39 is 0 Å². The van der Waals surface area contributed by atoms with E-state index >= 15 is 0 Å². The number of aromatic nitrogens is 1. The van der Waals surface area contributed by atoms with E-state index in [1.165, 1.54) is 0 Å². The first-order valence-corrected chi connectivity index (χ1v) is 7.35. The molecule has 3 rings (SSSR count). The first-order chi connectivity index (χ1) is 9.65. The summed E-state index contributed by atoms with van der Waals surface area (Å²) in [7, 11) is 0. The highest BCUT2D eigenvalue weighted by Crippen LogP contribution is 2.27. The molecule has 0 aliphatic carbocycles. The summed E-state index contributed by atoms with van der Waals surface area (Å²) in [5, 5.41) is 1.40. The van der Waals surface area contributed by atoms with Crippen LogP contribution in [0.1, 0.15) is 15.9 Å². The quantitative estimate of drug-likeness (QED) is 0.663. The van der Waals surface area contributed by atoms with Crippen molar-refractivity contribution in [2.45, 2.75) is 6.42 Å². The lowest BCUT2D eigenvalue weighted by Gasteiger charge is -2.02. The molecule has 0 bridgehead atoms. The topological polar surface area (TPSA) is 32.9 Å². The van der Waals surface area contributed by atoms with E-state index in [0.717, 1.165) is 20.9 Å². The minimum absolute atomic E-state index is 0.0578. The number of carbonyl (C=O) groups excluding carboxylic acids is 1. The van der Waals surface area contributed by atoms with Crippen LogP contribution in [0.25, 0.3) is 10.9 Å². The number of ketones is 1. The number of carbonyl (C=O) groups is 1. The van der Waals surface area contributed by atoms with Gasteiger partial charge in [0, 0.05) is 33.6 Å². The molecule has 4 heteroatoms. The Bertz CT molecular complexity index is 794. The Morgan fingerprint density at radius 2 is 2.00 bits per heavy atom. The number of fused-ring (bicyclic) bond motifs is 1. The van der Waals surface area contributed by atoms with Crippen molar-refractivity contribution < 1.29 is 4.79 Å². The number of hydrogen-bond donors (Lipinski definition) is 1. The summed E-state index contributed by atoms with van der Waals surface area (Å²) in [5.41, 5.74) is 2.51. The van der Waals surface area contributed by atoms with Crippen LogP contribution in [0.15, 0.2) is 53.1 Å². The Balaban J connectivity index is 1.97. The molecule has 0 fully saturated rings. The molecule has 0 amide bonds. The molecule has 0 spiro atoms. The average molecular weight is 349 g/mol. The van der Waals surface area contributed by atoms with Gasteiger partial charge in [-0.05, 0) is 29.8 Å². The van der Waals surface area contributed by atoms with E-state index in [9.17, 15) is 4.79 Å². The Hall–Kier alpha value is -1.58. The van der Waals surface area contributed by atoms with E-state index in [1.54, 1.807) is 12.3 Å². The fourth-order valence-corrected chi connectivity index (χ4v) is 3.01. The second-order valence-electron chi connectivity index (χ2n) is 4.59. The van der Waals surface area contributed by atoms with Crippen molar-refractivity contribution in [1.82, 2.24) is 4.98 Å². The molecule has 1 heterocycles. The number of aromatic amines is 1. The van der Waals surface area contributed by atoms with Gasteiger partial charge in [-0.25, -0.2) is 0 Å². The second-order valence-corrected chi connectivity index (χ2v) is 5.92. The van der Waals surface area contributed by atoms with Gasteiger partial charge in [-0.2, -0.15) is 0 Å². The zero-order valence-electron chi connectivity index (χ0n) is 10.5. The van der Waals surface area contributed by atoms with Crippen LogP contribution < -0.4 is 0 Å². The van der Waals surface area contributed by atoms with Crippen molar-refractivity contribution in [2.75, 3.05) is 0 Å². The highest BCUT2D eigenvalue weighted by molar-refractivity contribution is 9.10. The lowest BCUT2D eigenvalue weighted by molar-refractivity contribution is 0.0994. The molecular formula is C16H11BrClNO. The molecular weight excluding hydrogens is 338 g/mol. The van der Waals surface area contributed by atoms with Crippen molar-refractivity contribution in [3.63, 3.8) is 0 Å². The molecule has 100 valence electrons. The standard InChI is InChI=1S/C16H11BrClNO/c17-11-4-1-3-10(7-11)8-15(20)12-9-19-14-6-2-5-13(18)16(12)14/h1-7,9,19H,8H2. The fourth-order valence-electron chi connectivity index (χ4n) is 2.29. The monoisotopic (exact) mass is 347 g/mol. The van der Waals surface area contributed by atoms with Gasteiger partial charge >= 0.3 is 0 Å². The average Bonchev–Trinajstić information content (AvgIpc) is 2.84. The normalized spacial score (nSPS) is 10.9. The number of rotatable bonds is 3. The van der Waals surface area contributed by atoms with Crippen molar-refractivity contribution in [3.8, 4) is 0 Å². The van der Waals surface area contributed by atoms with Crippen LogP contribution in [-0.2, 0) is 6.42 Å². The van der Waals surface area contributed by atoms with Crippen molar-refractivity contribution in [2.24, 2.45) is 0 Å². The first-order valence-electron chi connectivity index (χ1n) is 6.18. The van der Waals surface area contributed by atoms with E-state index in [-0.39, 0.29) is 5.78 Å². The minimum atomic E-state index is 0.0578. The summed E-state index contributed by atoms with van der Waals surface area (Å²) in [6.07, 6.45) is 2.09. The number of Topliss-reactive ketones (excluding diaryl/α,β-unsaturated/α-hetero) is 1. The summed E-state index contributed by atoms with van der Waals surface area (Å²) in [6.45, 7) is 0. The Kier molecular flexibility index (Phi) is 3.64. The van der Waals surface area contributed by atoms with Gasteiger partial charge in [0.05, 0.1) is 5.02 Å². The maximum Gasteiger partial charge on any atom is 0.169 e. The maximum atomic E-state index is 12.5. The van der Waals surface area contributed by atoms with Crippen molar-refractivity contribution in [3.05, 3.63) is 69.3 Å². The SMILES string of the molecule is O=C(Cc1cccc(Br)c1)c1c[nH]c2cccc(Cl)c12. The number of halogens is 2. The van der Waals surface area contributed by atoms with E-state index in [2.05, 4.69) is 20.9 Å². The van der Waals surface area contributed by atoms with Crippen molar-refractivity contribution >= 4 is 44.2 Å². The predicted molar refractivity (Wildman–Crippen MR) is 85.5 cm³/mol. The van der Waals surface area contributed by atoms with Crippen LogP contribution in [0.3, 0.4) is 0 Å². The smallest absolute Gasteiger partial charge is 0.169 e. The minimum Gasteiger partial charge on any atom is -0.360 e. The zero-order chi connectivity index (χ0) is 14.1. The summed E-state index contributed by atoms with van der Waals surface area (Å²) in [4.78, 5) is 15.6. The molecule has 0 radical (unpaired) electrons. The summed E-state index contributed by atoms with van der Waals surface area (Å²) in [6, 6.07) is 13.3. The van der Waals surface area contributed by atoms with Crippen LogP contribution >= 0.6 is 27.5 Å². The van der Waals surface area contributed by atoms with Gasteiger partial charge in [0.2, 0.25) is 0 Å². The van der Waals surface area contributed by atoms with Gasteiger partial charge in [-0.15, -0.1) is 0 Å². The molecule has 1 N–H and O–H groups in total. The fraction of sp³-hybridized carbons (Fsp3) is 0.0625. The lowest BCUT2D eigenvalue weighted by atomic mass is 10.0. The summed E-state index contributed by atoms with van der Waals surface area (Å²) >= 11 is 9.61. The Morgan fingerprint density at radius 1 is 1.20 bits per heavy atom. The van der Waals surface area contributed by atoms with Gasteiger partial charge in [0.15, 0.2) is 5.78 Å². The third kappa shape index (κ3) is 2.51. The highest BCUT2D eigenvalue weighted by Gasteiger charge is 2.14. The van der Waals surface area contributed by atoms with Gasteiger partial charge in [0.25, 0.3) is 0 Å². The number of benzene rings is 2. The third-order valence-corrected chi connectivity index (χ3v) is 4.02. The molecule has 0 aliphatic rings. The second kappa shape index (κ2) is 5.43. The molecule has 0 unspecified atom stereocenters. The zero-order valence-corrected chi connectivity index (χ0v) is 12.8. The van der Waals surface area contributed by atoms with Crippen LogP contribution in [0.4, 0.5) is 0 Å². The Morgan fingerprint density at radius 3 is 2.80 bits per heavy atom. The first kappa shape index (κ1) is 13.4. The molecule has 0 atom stereocenters. The molecule has 2 nitrogen and oxygen atoms in total. The predicted octanol–water partition coefficient (Wildman–Crippen LogP) is 5.01. The molecule has 20 heavy (non-hydrogen) atoms. The lowest BCUT2D eigenvalue weighted by Crippen LogP contribution is -2.02. The van der Waals surface area contributed by atoms with E-state index in [4.69, 9.17) is 11.6 Å². The van der Waals surface area contributed by atoms with Crippen LogP contribution in [0.2, 0.25) is 5.02 Å². The summed E-state index contributed by atoms with van der Waals surface area (Å²) < 4.78 is 0.972. The molecule has 1 aromatic heterocycles. The summed E-state index contributed by atoms with van der Waals surface area (Å²) in [5.74, 6) is 0.0578. The van der Waals surface area contributed by atoms with Crippen LogP contribution in [0.5, 0.6) is 0 Å². The van der Waals surface area contributed by atoms with Gasteiger partial charge in [-0.3, -0.25) is 4.79 Å². The molecule has 0 aliphatic heterocycles. The Labute approximate surface area is 129 Å². The number of nitrogens with one attached hydrogen (secondary N) is 1. The largest absolute Gasteiger partial charge is 0.360 e. The molecule has 0 saturated carbocycles. The van der Waals surface area contributed by atoms with Crippen LogP contribution in [0, 0.1) is 0 Å². The molecule has 2 aromatic carbocycles. The molecule has 3 aromatic rings. The van der Waals surface area contributed by atoms with Crippen LogP contribution in [-0.4, -0.2) is 10.8 Å². The number of hydrogen-bond acceptors (Lipinski definition) is 1. The maximum absolute atomic E-state index is 12.5. The van der Waals surface area contributed by atoms with E-state index in [1.807, 2.05) is 36.4 Å². The highest BCUT2D eigenvalue weighted by atomic mass is 79.9. The van der Waals surface area contributed by atoms with Gasteiger partial charge in [0.1, 0.15) is 0 Å².